The van der Waals surface area contributed by atoms with E-state index in [0.717, 1.165) is 11.4 Å². The highest BCUT2D eigenvalue weighted by molar-refractivity contribution is 6.13. The first-order valence-corrected chi connectivity index (χ1v) is 8.30. The summed E-state index contributed by atoms with van der Waals surface area (Å²) in [5.41, 5.74) is 6.82. The van der Waals surface area contributed by atoms with Crippen LogP contribution in [0.5, 0.6) is 5.75 Å². The molecule has 1 saturated heterocycles. The molecule has 0 unspecified atom stereocenters. The normalized spacial score (nSPS) is 20.6. The van der Waals surface area contributed by atoms with E-state index in [4.69, 9.17) is 10.5 Å². The maximum Gasteiger partial charge on any atom is 0.146 e. The number of ketones is 2. The molecule has 2 N–H and O–H groups in total. The van der Waals surface area contributed by atoms with E-state index < -0.39 is 5.41 Å². The lowest BCUT2D eigenvalue weighted by Crippen LogP contribution is -2.45. The molecular weight excluding hydrogens is 292 g/mol. The second-order valence-corrected chi connectivity index (χ2v) is 6.81. The van der Waals surface area contributed by atoms with Gasteiger partial charge in [-0.2, -0.15) is 0 Å². The lowest BCUT2D eigenvalue weighted by molar-refractivity contribution is -0.136. The van der Waals surface area contributed by atoms with Gasteiger partial charge in [-0.1, -0.05) is 0 Å². The van der Waals surface area contributed by atoms with E-state index in [9.17, 15) is 9.59 Å². The van der Waals surface area contributed by atoms with Gasteiger partial charge in [0.15, 0.2) is 0 Å². The molecule has 0 aromatic heterocycles. The van der Waals surface area contributed by atoms with E-state index in [2.05, 4.69) is 4.90 Å². The summed E-state index contributed by atoms with van der Waals surface area (Å²) in [5, 5.41) is 0. The first kappa shape index (κ1) is 15.8. The van der Waals surface area contributed by atoms with Crippen molar-refractivity contribution in [2.24, 2.45) is 5.41 Å². The van der Waals surface area contributed by atoms with Crippen LogP contribution >= 0.6 is 0 Å². The van der Waals surface area contributed by atoms with Crippen molar-refractivity contribution in [1.29, 1.82) is 0 Å². The molecule has 5 heteroatoms. The molecule has 1 saturated carbocycles. The highest BCUT2D eigenvalue weighted by atomic mass is 16.5. The molecule has 3 rings (SSSR count). The van der Waals surface area contributed by atoms with Gasteiger partial charge < -0.3 is 15.4 Å². The number of carbonyl (C=O) groups excluding carboxylic acids is 2. The number of carbonyl (C=O) groups is 2. The van der Waals surface area contributed by atoms with Gasteiger partial charge in [0.25, 0.3) is 0 Å². The summed E-state index contributed by atoms with van der Waals surface area (Å²) in [6, 6.07) is 5.66. The smallest absolute Gasteiger partial charge is 0.146 e. The van der Waals surface area contributed by atoms with E-state index in [1.54, 1.807) is 0 Å². The molecule has 0 amide bonds. The number of ether oxygens (including phenoxy) is 1. The molecule has 1 spiro atoms. The van der Waals surface area contributed by atoms with E-state index in [1.165, 1.54) is 0 Å². The molecule has 1 aliphatic carbocycles. The van der Waals surface area contributed by atoms with Crippen LogP contribution in [0, 0.1) is 5.41 Å². The molecular formula is C18H24N2O3. The Kier molecular flexibility index (Phi) is 4.04. The van der Waals surface area contributed by atoms with Crippen molar-refractivity contribution in [1.82, 2.24) is 0 Å². The lowest BCUT2D eigenvalue weighted by Gasteiger charge is -2.39. The van der Waals surface area contributed by atoms with E-state index >= 15 is 0 Å². The van der Waals surface area contributed by atoms with Gasteiger partial charge in [-0.15, -0.1) is 0 Å². The zero-order valence-corrected chi connectivity index (χ0v) is 13.8. The fourth-order valence-corrected chi connectivity index (χ4v) is 3.69. The van der Waals surface area contributed by atoms with Crippen molar-refractivity contribution in [3.05, 3.63) is 18.2 Å². The summed E-state index contributed by atoms with van der Waals surface area (Å²) in [6.45, 7) is 5.34. The SMILES string of the molecule is CC(C)Oc1cc(N)ccc1N1CCC2(CC1)C(=O)CCC2=O. The van der Waals surface area contributed by atoms with Gasteiger partial charge in [-0.05, 0) is 38.8 Å². The van der Waals surface area contributed by atoms with Crippen molar-refractivity contribution in [3.63, 3.8) is 0 Å². The maximum absolute atomic E-state index is 12.2. The number of piperidine rings is 1. The number of benzene rings is 1. The molecule has 1 heterocycles. The van der Waals surface area contributed by atoms with Crippen LogP contribution in [0.1, 0.15) is 39.5 Å². The van der Waals surface area contributed by atoms with E-state index in [0.29, 0.717) is 44.5 Å². The minimum absolute atomic E-state index is 0.0599. The van der Waals surface area contributed by atoms with Crippen molar-refractivity contribution >= 4 is 22.9 Å². The van der Waals surface area contributed by atoms with E-state index in [1.807, 2.05) is 32.0 Å². The second-order valence-electron chi connectivity index (χ2n) is 6.81. The van der Waals surface area contributed by atoms with Gasteiger partial charge in [-0.3, -0.25) is 9.59 Å². The molecule has 1 aliphatic heterocycles. The molecule has 124 valence electrons. The quantitative estimate of drug-likeness (QED) is 0.685. The summed E-state index contributed by atoms with van der Waals surface area (Å²) in [7, 11) is 0. The third kappa shape index (κ3) is 2.80. The molecule has 0 radical (unpaired) electrons. The van der Waals surface area contributed by atoms with Crippen molar-refractivity contribution in [2.75, 3.05) is 23.7 Å². The number of rotatable bonds is 3. The Hall–Kier alpha value is -2.04. The Morgan fingerprint density at radius 3 is 2.30 bits per heavy atom. The van der Waals surface area contributed by atoms with Gasteiger partial charge in [-0.25, -0.2) is 0 Å². The van der Waals surface area contributed by atoms with Gasteiger partial charge in [0, 0.05) is 37.7 Å². The molecule has 0 atom stereocenters. The average Bonchev–Trinajstić information content (AvgIpc) is 2.77. The van der Waals surface area contributed by atoms with Crippen molar-refractivity contribution < 1.29 is 14.3 Å². The van der Waals surface area contributed by atoms with Crippen LogP contribution in [0.4, 0.5) is 11.4 Å². The van der Waals surface area contributed by atoms with E-state index in [-0.39, 0.29) is 17.7 Å². The molecule has 5 nitrogen and oxygen atoms in total. The third-order valence-electron chi connectivity index (χ3n) is 4.95. The predicted octanol–water partition coefficient (Wildman–Crippen LogP) is 2.57. The highest BCUT2D eigenvalue weighted by Crippen LogP contribution is 2.43. The van der Waals surface area contributed by atoms with Crippen LogP contribution in [0.2, 0.25) is 0 Å². The Morgan fingerprint density at radius 2 is 1.74 bits per heavy atom. The van der Waals surface area contributed by atoms with Crippen LogP contribution in [-0.2, 0) is 9.59 Å². The van der Waals surface area contributed by atoms with Crippen LogP contribution in [-0.4, -0.2) is 30.8 Å². The van der Waals surface area contributed by atoms with Gasteiger partial charge in [0.2, 0.25) is 0 Å². The Labute approximate surface area is 136 Å². The summed E-state index contributed by atoms with van der Waals surface area (Å²) in [5.74, 6) is 1.04. The van der Waals surface area contributed by atoms with Crippen LogP contribution in [0.25, 0.3) is 0 Å². The summed E-state index contributed by atoms with van der Waals surface area (Å²) >= 11 is 0. The highest BCUT2D eigenvalue weighted by Gasteiger charge is 2.50. The molecule has 1 aromatic carbocycles. The monoisotopic (exact) mass is 316 g/mol. The number of nitrogens with two attached hydrogens (primary N) is 1. The molecule has 0 bridgehead atoms. The summed E-state index contributed by atoms with van der Waals surface area (Å²) < 4.78 is 5.88. The fraction of sp³-hybridized carbons (Fsp3) is 0.556. The van der Waals surface area contributed by atoms with Crippen LogP contribution in [0.15, 0.2) is 18.2 Å². The summed E-state index contributed by atoms with van der Waals surface area (Å²) in [4.78, 5) is 26.6. The minimum atomic E-state index is -0.705. The van der Waals surface area contributed by atoms with Crippen LogP contribution in [0.3, 0.4) is 0 Å². The first-order valence-electron chi connectivity index (χ1n) is 8.30. The van der Waals surface area contributed by atoms with Gasteiger partial charge >= 0.3 is 0 Å². The zero-order valence-electron chi connectivity index (χ0n) is 13.8. The fourth-order valence-electron chi connectivity index (χ4n) is 3.69. The first-order chi connectivity index (χ1) is 10.9. The van der Waals surface area contributed by atoms with Crippen molar-refractivity contribution in [3.8, 4) is 5.75 Å². The molecule has 1 aromatic rings. The topological polar surface area (TPSA) is 72.6 Å². The third-order valence-corrected chi connectivity index (χ3v) is 4.95. The zero-order chi connectivity index (χ0) is 16.6. The maximum atomic E-state index is 12.2. The lowest BCUT2D eigenvalue weighted by atomic mass is 9.75. The minimum Gasteiger partial charge on any atom is -0.489 e. The number of nitrogen functional groups attached to an aromatic ring is 1. The second kappa shape index (κ2) is 5.87. The summed E-state index contributed by atoms with van der Waals surface area (Å²) in [6.07, 6.45) is 2.11. The number of hydrogen-bond donors (Lipinski definition) is 1. The number of anilines is 2. The Morgan fingerprint density at radius 1 is 1.13 bits per heavy atom. The standard InChI is InChI=1S/C18H24N2O3/c1-12(2)23-15-11-13(19)3-4-14(15)20-9-7-18(8-10-20)16(21)5-6-17(18)22/h3-4,11-12H,5-10,19H2,1-2H3. The van der Waals surface area contributed by atoms with Crippen molar-refractivity contribution in [2.45, 2.75) is 45.6 Å². The largest absolute Gasteiger partial charge is 0.489 e. The number of Topliss-reactive ketones (excluding diaryl/α,β-unsaturated/α-hetero) is 2. The van der Waals surface area contributed by atoms with Gasteiger partial charge in [0.05, 0.1) is 17.2 Å². The number of hydrogen-bond acceptors (Lipinski definition) is 5. The number of nitrogens with zero attached hydrogens (tertiary/aromatic N) is 1. The molecule has 2 aliphatic rings. The van der Waals surface area contributed by atoms with Gasteiger partial charge in [0.1, 0.15) is 17.3 Å². The average molecular weight is 316 g/mol. The molecule has 23 heavy (non-hydrogen) atoms. The Bertz CT molecular complexity index is 613. The molecule has 2 fully saturated rings. The predicted molar refractivity (Wildman–Crippen MR) is 89.7 cm³/mol. The van der Waals surface area contributed by atoms with Crippen LogP contribution < -0.4 is 15.4 Å². The Balaban J connectivity index is 1.80.